The lowest BCUT2D eigenvalue weighted by atomic mass is 10.1. The van der Waals surface area contributed by atoms with Crippen LogP contribution >= 0.6 is 15.9 Å². The monoisotopic (exact) mass is 336 g/mol. The van der Waals surface area contributed by atoms with E-state index in [0.717, 1.165) is 6.42 Å². The summed E-state index contributed by atoms with van der Waals surface area (Å²) in [6.07, 6.45) is 0.932. The maximum atomic E-state index is 13.1. The second-order valence-electron chi connectivity index (χ2n) is 4.34. The van der Waals surface area contributed by atoms with E-state index in [-0.39, 0.29) is 12.4 Å². The molecular weight excluding hydrogens is 323 g/mol. The average molecular weight is 337 g/mol. The summed E-state index contributed by atoms with van der Waals surface area (Å²) in [4.78, 5) is 12.0. The van der Waals surface area contributed by atoms with E-state index in [4.69, 9.17) is 4.74 Å². The lowest BCUT2D eigenvalue weighted by Gasteiger charge is -2.08. The number of hydrogen-bond donors (Lipinski definition) is 0. The van der Waals surface area contributed by atoms with Gasteiger partial charge in [-0.3, -0.25) is 4.79 Å². The Hall–Kier alpha value is -1.68. The molecule has 0 aliphatic heterocycles. The summed E-state index contributed by atoms with van der Waals surface area (Å²) in [6, 6.07) is 11.5. The largest absolute Gasteiger partial charge is 0.484 e. The van der Waals surface area contributed by atoms with Gasteiger partial charge in [-0.05, 0) is 40.0 Å². The zero-order valence-electron chi connectivity index (χ0n) is 11.0. The van der Waals surface area contributed by atoms with Crippen LogP contribution in [0, 0.1) is 5.82 Å². The van der Waals surface area contributed by atoms with Gasteiger partial charge >= 0.3 is 0 Å². The molecule has 2 rings (SSSR count). The first kappa shape index (κ1) is 14.7. The Morgan fingerprint density at radius 3 is 2.55 bits per heavy atom. The van der Waals surface area contributed by atoms with Crippen molar-refractivity contribution in [3.05, 3.63) is 63.9 Å². The summed E-state index contributed by atoms with van der Waals surface area (Å²) in [5.41, 5.74) is 1.77. The Bertz CT molecular complexity index is 608. The van der Waals surface area contributed by atoms with Crippen molar-refractivity contribution < 1.29 is 13.9 Å². The number of aryl methyl sites for hydroxylation is 1. The van der Waals surface area contributed by atoms with E-state index >= 15 is 0 Å². The van der Waals surface area contributed by atoms with Gasteiger partial charge in [0, 0.05) is 11.6 Å². The van der Waals surface area contributed by atoms with E-state index in [1.807, 2.05) is 12.1 Å². The highest BCUT2D eigenvalue weighted by Crippen LogP contribution is 2.25. The number of carbonyl (C=O) groups excluding carboxylic acids is 1. The second kappa shape index (κ2) is 6.66. The number of rotatable bonds is 5. The predicted molar refractivity (Wildman–Crippen MR) is 79.7 cm³/mol. The molecule has 2 aromatic rings. The lowest BCUT2D eigenvalue weighted by Crippen LogP contribution is -2.12. The molecule has 0 N–H and O–H groups in total. The van der Waals surface area contributed by atoms with Crippen molar-refractivity contribution in [2.24, 2.45) is 0 Å². The minimum absolute atomic E-state index is 0.118. The fourth-order valence-corrected chi connectivity index (χ4v) is 2.10. The first-order valence-corrected chi connectivity index (χ1v) is 7.09. The van der Waals surface area contributed by atoms with Crippen molar-refractivity contribution >= 4 is 21.7 Å². The summed E-state index contributed by atoms with van der Waals surface area (Å²) >= 11 is 3.25. The summed E-state index contributed by atoms with van der Waals surface area (Å²) in [6.45, 7) is 1.94. The molecule has 0 fully saturated rings. The zero-order chi connectivity index (χ0) is 14.5. The van der Waals surface area contributed by atoms with Crippen molar-refractivity contribution in [3.8, 4) is 5.75 Å². The Kier molecular flexibility index (Phi) is 4.90. The van der Waals surface area contributed by atoms with Gasteiger partial charge in [-0.15, -0.1) is 0 Å². The van der Waals surface area contributed by atoms with E-state index in [1.165, 1.54) is 17.7 Å². The SMILES string of the molecule is CCc1ccc(C(=O)COc2cc(F)ccc2Br)cc1. The summed E-state index contributed by atoms with van der Waals surface area (Å²) < 4.78 is 19.1. The summed E-state index contributed by atoms with van der Waals surface area (Å²) in [5, 5.41) is 0. The molecule has 0 saturated heterocycles. The fraction of sp³-hybridized carbons (Fsp3) is 0.188. The number of ketones is 1. The van der Waals surface area contributed by atoms with Gasteiger partial charge in [-0.25, -0.2) is 4.39 Å². The fourth-order valence-electron chi connectivity index (χ4n) is 1.74. The van der Waals surface area contributed by atoms with Gasteiger partial charge < -0.3 is 4.74 Å². The molecule has 0 aliphatic rings. The van der Waals surface area contributed by atoms with Gasteiger partial charge in [0.1, 0.15) is 11.6 Å². The molecule has 0 heterocycles. The molecule has 4 heteroatoms. The third kappa shape index (κ3) is 3.67. The van der Waals surface area contributed by atoms with E-state index in [9.17, 15) is 9.18 Å². The molecular formula is C16H14BrFO2. The maximum absolute atomic E-state index is 13.1. The van der Waals surface area contributed by atoms with Crippen LogP contribution in [0.25, 0.3) is 0 Å². The van der Waals surface area contributed by atoms with Crippen molar-refractivity contribution in [1.29, 1.82) is 0 Å². The molecule has 2 nitrogen and oxygen atoms in total. The smallest absolute Gasteiger partial charge is 0.200 e. The number of benzene rings is 2. The molecule has 0 bridgehead atoms. The minimum atomic E-state index is -0.400. The highest BCUT2D eigenvalue weighted by Gasteiger charge is 2.09. The summed E-state index contributed by atoms with van der Waals surface area (Å²) in [7, 11) is 0. The third-order valence-corrected chi connectivity index (χ3v) is 3.59. The van der Waals surface area contributed by atoms with Crippen LogP contribution in [-0.2, 0) is 6.42 Å². The van der Waals surface area contributed by atoms with E-state index in [1.54, 1.807) is 18.2 Å². The summed E-state index contributed by atoms with van der Waals surface area (Å²) in [5.74, 6) is -0.213. The van der Waals surface area contributed by atoms with Crippen LogP contribution < -0.4 is 4.74 Å². The van der Waals surface area contributed by atoms with Crippen LogP contribution in [0.3, 0.4) is 0 Å². The van der Waals surface area contributed by atoms with Gasteiger partial charge in [0.2, 0.25) is 0 Å². The van der Waals surface area contributed by atoms with E-state index in [2.05, 4.69) is 22.9 Å². The van der Waals surface area contributed by atoms with Gasteiger partial charge in [-0.2, -0.15) is 0 Å². The molecule has 0 unspecified atom stereocenters. The number of Topliss-reactive ketones (excluding diaryl/α,β-unsaturated/α-hetero) is 1. The quantitative estimate of drug-likeness (QED) is 0.756. The Labute approximate surface area is 125 Å². The molecule has 2 aromatic carbocycles. The number of hydrogen-bond acceptors (Lipinski definition) is 2. The zero-order valence-corrected chi connectivity index (χ0v) is 12.6. The molecule has 0 atom stereocenters. The van der Waals surface area contributed by atoms with Crippen LogP contribution in [-0.4, -0.2) is 12.4 Å². The molecule has 20 heavy (non-hydrogen) atoms. The Balaban J connectivity index is 2.02. The topological polar surface area (TPSA) is 26.3 Å². The van der Waals surface area contributed by atoms with E-state index < -0.39 is 5.82 Å². The highest BCUT2D eigenvalue weighted by molar-refractivity contribution is 9.10. The van der Waals surface area contributed by atoms with Crippen molar-refractivity contribution in [3.63, 3.8) is 0 Å². The maximum Gasteiger partial charge on any atom is 0.200 e. The van der Waals surface area contributed by atoms with Crippen LogP contribution in [0.1, 0.15) is 22.8 Å². The predicted octanol–water partition coefficient (Wildman–Crippen LogP) is 4.41. The molecule has 0 aliphatic carbocycles. The first-order chi connectivity index (χ1) is 9.60. The van der Waals surface area contributed by atoms with Gasteiger partial charge in [-0.1, -0.05) is 31.2 Å². The molecule has 0 aromatic heterocycles. The van der Waals surface area contributed by atoms with Crippen LogP contribution in [0.15, 0.2) is 46.9 Å². The molecule has 0 radical (unpaired) electrons. The average Bonchev–Trinajstić information content (AvgIpc) is 2.48. The van der Waals surface area contributed by atoms with Gasteiger partial charge in [0.05, 0.1) is 4.47 Å². The van der Waals surface area contributed by atoms with Gasteiger partial charge in [0.25, 0.3) is 0 Å². The molecule has 0 saturated carbocycles. The number of ether oxygens (including phenoxy) is 1. The standard InChI is InChI=1S/C16H14BrFO2/c1-2-11-3-5-12(6-4-11)15(19)10-20-16-9-13(18)7-8-14(16)17/h3-9H,2,10H2,1H3. The van der Waals surface area contributed by atoms with E-state index in [0.29, 0.717) is 15.8 Å². The third-order valence-electron chi connectivity index (χ3n) is 2.94. The van der Waals surface area contributed by atoms with Crippen LogP contribution in [0.5, 0.6) is 5.75 Å². The van der Waals surface area contributed by atoms with Crippen LogP contribution in [0.4, 0.5) is 4.39 Å². The number of halogens is 2. The van der Waals surface area contributed by atoms with Crippen molar-refractivity contribution in [1.82, 2.24) is 0 Å². The van der Waals surface area contributed by atoms with Crippen molar-refractivity contribution in [2.45, 2.75) is 13.3 Å². The molecule has 0 spiro atoms. The normalized spacial score (nSPS) is 10.3. The molecule has 104 valence electrons. The lowest BCUT2D eigenvalue weighted by molar-refractivity contribution is 0.0920. The highest BCUT2D eigenvalue weighted by atomic mass is 79.9. The number of carbonyl (C=O) groups is 1. The Morgan fingerprint density at radius 1 is 1.20 bits per heavy atom. The first-order valence-electron chi connectivity index (χ1n) is 6.30. The van der Waals surface area contributed by atoms with Gasteiger partial charge in [0.15, 0.2) is 12.4 Å². The van der Waals surface area contributed by atoms with Crippen LogP contribution in [0.2, 0.25) is 0 Å². The minimum Gasteiger partial charge on any atom is -0.484 e. The second-order valence-corrected chi connectivity index (χ2v) is 5.19. The van der Waals surface area contributed by atoms with Crippen molar-refractivity contribution in [2.75, 3.05) is 6.61 Å². The Morgan fingerprint density at radius 2 is 1.90 bits per heavy atom. The molecule has 0 amide bonds.